The molecule has 0 aliphatic heterocycles. The van der Waals surface area contributed by atoms with Crippen LogP contribution >= 0.6 is 0 Å². The van der Waals surface area contributed by atoms with Crippen LogP contribution in [0.3, 0.4) is 0 Å². The first kappa shape index (κ1) is 13.0. The molecule has 0 heterocycles. The lowest BCUT2D eigenvalue weighted by atomic mass is 10.0. The van der Waals surface area contributed by atoms with E-state index in [2.05, 4.69) is 0 Å². The van der Waals surface area contributed by atoms with Crippen molar-refractivity contribution in [3.63, 3.8) is 0 Å². The van der Waals surface area contributed by atoms with Gasteiger partial charge in [-0.2, -0.15) is 0 Å². The van der Waals surface area contributed by atoms with Gasteiger partial charge in [-0.25, -0.2) is 4.79 Å². The molecule has 0 aliphatic carbocycles. The van der Waals surface area contributed by atoms with Crippen molar-refractivity contribution in [3.05, 3.63) is 29.3 Å². The number of carbonyl (C=O) groups is 2. The molecule has 0 saturated carbocycles. The average Bonchev–Trinajstić information content (AvgIpc) is 2.26. The van der Waals surface area contributed by atoms with Crippen LogP contribution in [0.5, 0.6) is 5.75 Å². The van der Waals surface area contributed by atoms with Crippen molar-refractivity contribution in [1.82, 2.24) is 0 Å². The van der Waals surface area contributed by atoms with Crippen molar-refractivity contribution in [3.8, 4) is 5.75 Å². The van der Waals surface area contributed by atoms with Gasteiger partial charge in [0.05, 0.1) is 12.2 Å². The molecule has 0 aromatic heterocycles. The quantitative estimate of drug-likeness (QED) is 0.761. The number of phenols is 1. The summed E-state index contributed by atoms with van der Waals surface area (Å²) in [6, 6.07) is 4.19. The molecule has 0 atom stereocenters. The monoisotopic (exact) mass is 238 g/mol. The lowest BCUT2D eigenvalue weighted by molar-refractivity contribution is -0.136. The second kappa shape index (κ2) is 5.89. The van der Waals surface area contributed by atoms with Gasteiger partial charge in [0.1, 0.15) is 5.75 Å². The van der Waals surface area contributed by atoms with E-state index in [9.17, 15) is 14.7 Å². The highest BCUT2D eigenvalue weighted by Gasteiger charge is 2.13. The largest absolute Gasteiger partial charge is 0.508 e. The average molecular weight is 238 g/mol. The number of carbonyl (C=O) groups excluding carboxylic acids is 1. The molecule has 1 aromatic carbocycles. The molecule has 0 fully saturated rings. The van der Waals surface area contributed by atoms with Crippen molar-refractivity contribution in [2.24, 2.45) is 0 Å². The third-order valence-corrected chi connectivity index (χ3v) is 2.19. The van der Waals surface area contributed by atoms with Gasteiger partial charge in [-0.05, 0) is 37.1 Å². The topological polar surface area (TPSA) is 83.8 Å². The van der Waals surface area contributed by atoms with E-state index >= 15 is 0 Å². The Morgan fingerprint density at radius 3 is 2.65 bits per heavy atom. The number of hydrogen-bond donors (Lipinski definition) is 2. The summed E-state index contributed by atoms with van der Waals surface area (Å²) < 4.78 is 4.85. The van der Waals surface area contributed by atoms with Crippen LogP contribution in [0.25, 0.3) is 0 Å². The van der Waals surface area contributed by atoms with Crippen LogP contribution in [-0.4, -0.2) is 28.8 Å². The lowest BCUT2D eigenvalue weighted by Crippen LogP contribution is -2.09. The number of rotatable bonds is 5. The summed E-state index contributed by atoms with van der Waals surface area (Å²) in [4.78, 5) is 22.1. The van der Waals surface area contributed by atoms with Crippen molar-refractivity contribution in [1.29, 1.82) is 0 Å². The van der Waals surface area contributed by atoms with E-state index in [0.29, 0.717) is 11.1 Å². The molecule has 0 unspecified atom stereocenters. The molecule has 5 heteroatoms. The fourth-order valence-corrected chi connectivity index (χ4v) is 1.44. The number of ether oxygens (including phenoxy) is 1. The molecule has 2 N–H and O–H groups in total. The molecule has 0 spiro atoms. The van der Waals surface area contributed by atoms with Gasteiger partial charge in [0.15, 0.2) is 0 Å². The van der Waals surface area contributed by atoms with Gasteiger partial charge >= 0.3 is 11.9 Å². The summed E-state index contributed by atoms with van der Waals surface area (Å²) in [6.45, 7) is 1.94. The predicted octanol–water partition coefficient (Wildman–Crippen LogP) is 1.59. The summed E-state index contributed by atoms with van der Waals surface area (Å²) in [5.74, 6) is -1.46. The standard InChI is InChI=1S/C12H14O5/c1-2-17-12(16)10-5-4-9(13)7-8(10)3-6-11(14)15/h4-5,7,13H,2-3,6H2,1H3,(H,14,15). The van der Waals surface area contributed by atoms with Crippen molar-refractivity contribution >= 4 is 11.9 Å². The number of phenolic OH excluding ortho intramolecular Hbond substituents is 1. The summed E-state index contributed by atoms with van der Waals surface area (Å²) >= 11 is 0. The van der Waals surface area contributed by atoms with Gasteiger partial charge in [0, 0.05) is 6.42 Å². The van der Waals surface area contributed by atoms with E-state index in [-0.39, 0.29) is 25.2 Å². The Kier molecular flexibility index (Phi) is 4.51. The molecule has 0 radical (unpaired) electrons. The smallest absolute Gasteiger partial charge is 0.338 e. The molecule has 0 aliphatic rings. The number of hydrogen-bond acceptors (Lipinski definition) is 4. The number of benzene rings is 1. The highest BCUT2D eigenvalue weighted by Crippen LogP contribution is 2.19. The zero-order valence-corrected chi connectivity index (χ0v) is 9.47. The van der Waals surface area contributed by atoms with Gasteiger partial charge in [0.25, 0.3) is 0 Å². The fourth-order valence-electron chi connectivity index (χ4n) is 1.44. The molecular formula is C12H14O5. The number of carboxylic acids is 1. The number of esters is 1. The number of aliphatic carboxylic acids is 1. The summed E-state index contributed by atoms with van der Waals surface area (Å²) in [6.07, 6.45) is 0.0771. The Balaban J connectivity index is 2.94. The second-order valence-corrected chi connectivity index (χ2v) is 3.46. The van der Waals surface area contributed by atoms with Gasteiger partial charge in [0.2, 0.25) is 0 Å². The van der Waals surface area contributed by atoms with Crippen LogP contribution < -0.4 is 0 Å². The Labute approximate surface area is 98.6 Å². The number of aromatic hydroxyl groups is 1. The van der Waals surface area contributed by atoms with Gasteiger partial charge in [-0.3, -0.25) is 4.79 Å². The number of aryl methyl sites for hydroxylation is 1. The maximum Gasteiger partial charge on any atom is 0.338 e. The third kappa shape index (κ3) is 3.79. The molecule has 0 bridgehead atoms. The molecule has 0 saturated heterocycles. The highest BCUT2D eigenvalue weighted by atomic mass is 16.5. The van der Waals surface area contributed by atoms with Gasteiger partial charge in [-0.1, -0.05) is 0 Å². The van der Waals surface area contributed by atoms with E-state index in [1.807, 2.05) is 0 Å². The van der Waals surface area contributed by atoms with E-state index < -0.39 is 11.9 Å². The van der Waals surface area contributed by atoms with E-state index in [1.165, 1.54) is 18.2 Å². The first-order valence-electron chi connectivity index (χ1n) is 5.25. The van der Waals surface area contributed by atoms with Crippen LogP contribution in [0.1, 0.15) is 29.3 Å². The Morgan fingerprint density at radius 2 is 2.06 bits per heavy atom. The van der Waals surface area contributed by atoms with E-state index in [0.717, 1.165) is 0 Å². The van der Waals surface area contributed by atoms with Gasteiger partial charge in [-0.15, -0.1) is 0 Å². The molecule has 1 aromatic rings. The second-order valence-electron chi connectivity index (χ2n) is 3.46. The van der Waals surface area contributed by atoms with E-state index in [4.69, 9.17) is 9.84 Å². The van der Waals surface area contributed by atoms with Crippen LogP contribution in [-0.2, 0) is 16.0 Å². The van der Waals surface area contributed by atoms with Crippen LogP contribution in [0, 0.1) is 0 Å². The van der Waals surface area contributed by atoms with Crippen LogP contribution in [0.4, 0.5) is 0 Å². The summed E-state index contributed by atoms with van der Waals surface area (Å²) in [5, 5.41) is 17.9. The minimum Gasteiger partial charge on any atom is -0.508 e. The van der Waals surface area contributed by atoms with E-state index in [1.54, 1.807) is 6.92 Å². The Morgan fingerprint density at radius 1 is 1.35 bits per heavy atom. The summed E-state index contributed by atoms with van der Waals surface area (Å²) in [5.41, 5.74) is 0.775. The minimum atomic E-state index is -0.955. The SMILES string of the molecule is CCOC(=O)c1ccc(O)cc1CCC(=O)O. The number of carboxylic acid groups (broad SMARTS) is 1. The van der Waals surface area contributed by atoms with Crippen LogP contribution in [0.15, 0.2) is 18.2 Å². The first-order valence-corrected chi connectivity index (χ1v) is 5.25. The zero-order valence-electron chi connectivity index (χ0n) is 9.47. The first-order chi connectivity index (χ1) is 8.04. The van der Waals surface area contributed by atoms with Gasteiger partial charge < -0.3 is 14.9 Å². The maximum atomic E-state index is 11.6. The molecule has 92 valence electrons. The normalized spacial score (nSPS) is 9.94. The van der Waals surface area contributed by atoms with Crippen molar-refractivity contribution in [2.75, 3.05) is 6.61 Å². The summed E-state index contributed by atoms with van der Waals surface area (Å²) in [7, 11) is 0. The zero-order chi connectivity index (χ0) is 12.8. The maximum absolute atomic E-state index is 11.6. The molecule has 5 nitrogen and oxygen atoms in total. The highest BCUT2D eigenvalue weighted by molar-refractivity contribution is 5.91. The fraction of sp³-hybridized carbons (Fsp3) is 0.333. The van der Waals surface area contributed by atoms with Crippen molar-refractivity contribution < 1.29 is 24.5 Å². The molecule has 0 amide bonds. The minimum absolute atomic E-state index is 0.00145. The Bertz CT molecular complexity index is 425. The molecular weight excluding hydrogens is 224 g/mol. The van der Waals surface area contributed by atoms with Crippen LogP contribution in [0.2, 0.25) is 0 Å². The molecule has 1 rings (SSSR count). The van der Waals surface area contributed by atoms with Crippen molar-refractivity contribution in [2.45, 2.75) is 19.8 Å². The predicted molar refractivity (Wildman–Crippen MR) is 60.0 cm³/mol. The Hall–Kier alpha value is -2.04. The lowest BCUT2D eigenvalue weighted by Gasteiger charge is -2.08. The third-order valence-electron chi connectivity index (χ3n) is 2.19. The molecule has 17 heavy (non-hydrogen) atoms.